The Morgan fingerprint density at radius 1 is 1.25 bits per heavy atom. The van der Waals surface area contributed by atoms with E-state index in [0.29, 0.717) is 18.7 Å². The predicted octanol–water partition coefficient (Wildman–Crippen LogP) is 2.68. The van der Waals surface area contributed by atoms with Gasteiger partial charge in [-0.05, 0) is 32.3 Å². The van der Waals surface area contributed by atoms with Crippen molar-refractivity contribution in [3.63, 3.8) is 0 Å². The van der Waals surface area contributed by atoms with Crippen molar-refractivity contribution in [2.75, 3.05) is 26.2 Å². The summed E-state index contributed by atoms with van der Waals surface area (Å²) in [4.78, 5) is 29.7. The molecule has 6 heteroatoms. The van der Waals surface area contributed by atoms with Crippen LogP contribution in [0.5, 0.6) is 0 Å². The Kier molecular flexibility index (Phi) is 4.62. The summed E-state index contributed by atoms with van der Waals surface area (Å²) in [6, 6.07) is 9.97. The van der Waals surface area contributed by atoms with Gasteiger partial charge >= 0.3 is 0 Å². The topological polar surface area (TPSA) is 69.3 Å². The molecule has 0 radical (unpaired) electrons. The minimum absolute atomic E-state index is 0.0203. The summed E-state index contributed by atoms with van der Waals surface area (Å²) in [6.07, 6.45) is 2.57. The van der Waals surface area contributed by atoms with Crippen LogP contribution >= 0.6 is 0 Å². The van der Waals surface area contributed by atoms with Gasteiger partial charge in [0.2, 0.25) is 11.8 Å². The van der Waals surface area contributed by atoms with Crippen LogP contribution in [0.25, 0.3) is 10.9 Å². The maximum Gasteiger partial charge on any atom is 0.242 e. The van der Waals surface area contributed by atoms with E-state index in [2.05, 4.69) is 13.0 Å². The Morgan fingerprint density at radius 3 is 2.75 bits per heavy atom. The van der Waals surface area contributed by atoms with Crippen molar-refractivity contribution >= 4 is 22.7 Å². The molecule has 4 rings (SSSR count). The van der Waals surface area contributed by atoms with E-state index < -0.39 is 0 Å². The Bertz CT molecular complexity index is 986. The summed E-state index contributed by atoms with van der Waals surface area (Å²) in [5.41, 5.74) is 1.97. The van der Waals surface area contributed by atoms with E-state index >= 15 is 0 Å². The van der Waals surface area contributed by atoms with Crippen molar-refractivity contribution in [2.24, 2.45) is 5.41 Å². The molecular formula is C22H26N4O2. The monoisotopic (exact) mass is 378 g/mol. The molecule has 28 heavy (non-hydrogen) atoms. The second-order valence-corrected chi connectivity index (χ2v) is 8.06. The van der Waals surface area contributed by atoms with E-state index in [1.165, 1.54) is 0 Å². The van der Waals surface area contributed by atoms with Gasteiger partial charge in [0.05, 0.1) is 16.5 Å². The average molecular weight is 378 g/mol. The minimum atomic E-state index is -0.379. The van der Waals surface area contributed by atoms with Crippen LogP contribution in [0.15, 0.2) is 24.3 Å². The van der Waals surface area contributed by atoms with Crippen LogP contribution in [-0.2, 0) is 16.1 Å². The number of benzene rings is 1. The quantitative estimate of drug-likeness (QED) is 0.821. The normalized spacial score (nSPS) is 21.8. The first-order valence-corrected chi connectivity index (χ1v) is 10.1. The molecule has 2 amide bonds. The Morgan fingerprint density at radius 2 is 2.00 bits per heavy atom. The van der Waals surface area contributed by atoms with Gasteiger partial charge in [-0.3, -0.25) is 9.59 Å². The molecule has 2 aromatic rings. The number of nitriles is 1. The summed E-state index contributed by atoms with van der Waals surface area (Å²) >= 11 is 0. The number of rotatable bonds is 4. The Hall–Kier alpha value is -2.81. The van der Waals surface area contributed by atoms with E-state index in [1.807, 2.05) is 45.6 Å². The number of hydrogen-bond acceptors (Lipinski definition) is 3. The van der Waals surface area contributed by atoms with Crippen molar-refractivity contribution in [3.8, 4) is 6.07 Å². The van der Waals surface area contributed by atoms with Crippen molar-refractivity contribution in [3.05, 3.63) is 35.5 Å². The molecule has 3 heterocycles. The highest BCUT2D eigenvalue weighted by molar-refractivity contribution is 5.90. The van der Waals surface area contributed by atoms with Gasteiger partial charge < -0.3 is 14.4 Å². The summed E-state index contributed by atoms with van der Waals surface area (Å²) in [7, 11) is 0. The van der Waals surface area contributed by atoms with E-state index in [-0.39, 0.29) is 23.8 Å². The lowest BCUT2D eigenvalue weighted by Gasteiger charge is -2.24. The van der Waals surface area contributed by atoms with Gasteiger partial charge in [0.15, 0.2) is 0 Å². The molecule has 2 aliphatic rings. The van der Waals surface area contributed by atoms with Crippen LogP contribution < -0.4 is 0 Å². The molecule has 0 N–H and O–H groups in total. The summed E-state index contributed by atoms with van der Waals surface area (Å²) in [5, 5.41) is 10.4. The molecule has 2 saturated heterocycles. The van der Waals surface area contributed by atoms with Crippen molar-refractivity contribution < 1.29 is 9.59 Å². The molecule has 1 aromatic carbocycles. The predicted molar refractivity (Wildman–Crippen MR) is 107 cm³/mol. The number of carbonyl (C=O) groups excluding carboxylic acids is 2. The fourth-order valence-corrected chi connectivity index (χ4v) is 4.85. The van der Waals surface area contributed by atoms with Gasteiger partial charge in [0.1, 0.15) is 12.6 Å². The lowest BCUT2D eigenvalue weighted by molar-refractivity contribution is -0.136. The number of likely N-dealkylation sites (tertiary alicyclic amines) is 2. The molecule has 6 nitrogen and oxygen atoms in total. The highest BCUT2D eigenvalue weighted by Crippen LogP contribution is 2.41. The van der Waals surface area contributed by atoms with Crippen LogP contribution in [0.1, 0.15) is 37.4 Å². The molecule has 146 valence electrons. The average Bonchev–Trinajstić information content (AvgIpc) is 3.34. The third kappa shape index (κ3) is 2.77. The van der Waals surface area contributed by atoms with E-state index in [9.17, 15) is 14.9 Å². The molecule has 0 aliphatic carbocycles. The summed E-state index contributed by atoms with van der Waals surface area (Å²) < 4.78 is 1.93. The van der Waals surface area contributed by atoms with Crippen molar-refractivity contribution in [2.45, 2.75) is 39.7 Å². The molecule has 1 unspecified atom stereocenters. The zero-order valence-electron chi connectivity index (χ0n) is 16.6. The molecular weight excluding hydrogens is 352 g/mol. The van der Waals surface area contributed by atoms with Crippen LogP contribution in [0, 0.1) is 23.7 Å². The zero-order valence-corrected chi connectivity index (χ0v) is 16.6. The maximum atomic E-state index is 13.1. The Balaban J connectivity index is 1.54. The standard InChI is InChI=1S/C22H26N4O2/c1-3-10-24-11-8-22(21(24)28)9-12-25(15-22)20(27)14-26-16(2)18(13-23)17-6-4-5-7-19(17)26/h4-7H,3,8-12,14-15H2,1-2H3. The van der Waals surface area contributed by atoms with Crippen LogP contribution in [0.4, 0.5) is 0 Å². The first kappa shape index (κ1) is 18.5. The third-order valence-corrected chi connectivity index (χ3v) is 6.44. The van der Waals surface area contributed by atoms with E-state index in [4.69, 9.17) is 0 Å². The SMILES string of the molecule is CCCN1CCC2(CCN(C(=O)Cn3c(C)c(C#N)c4ccccc43)C2)C1=O. The first-order chi connectivity index (χ1) is 13.5. The lowest BCUT2D eigenvalue weighted by atomic mass is 9.85. The number of fused-ring (bicyclic) bond motifs is 1. The molecule has 2 fully saturated rings. The van der Waals surface area contributed by atoms with Gasteiger partial charge in [-0.1, -0.05) is 25.1 Å². The van der Waals surface area contributed by atoms with Gasteiger partial charge in [-0.25, -0.2) is 0 Å². The highest BCUT2D eigenvalue weighted by atomic mass is 16.2. The molecule has 0 saturated carbocycles. The van der Waals surface area contributed by atoms with Gasteiger partial charge in [-0.15, -0.1) is 0 Å². The first-order valence-electron chi connectivity index (χ1n) is 10.1. The summed E-state index contributed by atoms with van der Waals surface area (Å²) in [5.74, 6) is 0.242. The van der Waals surface area contributed by atoms with Gasteiger partial charge in [-0.2, -0.15) is 5.26 Å². The number of aromatic nitrogens is 1. The number of para-hydroxylation sites is 1. The zero-order chi connectivity index (χ0) is 19.9. The van der Waals surface area contributed by atoms with Crippen molar-refractivity contribution in [1.82, 2.24) is 14.4 Å². The molecule has 1 spiro atoms. The van der Waals surface area contributed by atoms with Crippen LogP contribution in [-0.4, -0.2) is 52.4 Å². The lowest BCUT2D eigenvalue weighted by Crippen LogP contribution is -2.39. The fraction of sp³-hybridized carbons (Fsp3) is 0.500. The Labute approximate surface area is 165 Å². The number of amides is 2. The van der Waals surface area contributed by atoms with Crippen molar-refractivity contribution in [1.29, 1.82) is 5.26 Å². The molecule has 0 bridgehead atoms. The number of carbonyl (C=O) groups is 2. The fourth-order valence-electron chi connectivity index (χ4n) is 4.85. The summed E-state index contributed by atoms with van der Waals surface area (Å²) in [6.45, 7) is 6.95. The smallest absolute Gasteiger partial charge is 0.242 e. The second-order valence-electron chi connectivity index (χ2n) is 8.06. The largest absolute Gasteiger partial charge is 0.342 e. The molecule has 1 aromatic heterocycles. The van der Waals surface area contributed by atoms with E-state index in [0.717, 1.165) is 48.9 Å². The van der Waals surface area contributed by atoms with Gasteiger partial charge in [0, 0.05) is 37.3 Å². The van der Waals surface area contributed by atoms with Crippen LogP contribution in [0.3, 0.4) is 0 Å². The number of hydrogen-bond donors (Lipinski definition) is 0. The van der Waals surface area contributed by atoms with E-state index in [1.54, 1.807) is 0 Å². The second kappa shape index (κ2) is 6.97. The highest BCUT2D eigenvalue weighted by Gasteiger charge is 2.51. The molecule has 1 atom stereocenters. The van der Waals surface area contributed by atoms with Crippen LogP contribution in [0.2, 0.25) is 0 Å². The maximum absolute atomic E-state index is 13.1. The third-order valence-electron chi connectivity index (χ3n) is 6.44. The minimum Gasteiger partial charge on any atom is -0.342 e. The van der Waals surface area contributed by atoms with Gasteiger partial charge in [0.25, 0.3) is 0 Å². The molecule has 2 aliphatic heterocycles. The number of nitrogens with zero attached hydrogens (tertiary/aromatic N) is 4.